The van der Waals surface area contributed by atoms with Crippen LogP contribution in [0.4, 0.5) is 0 Å². The first-order valence-corrected chi connectivity index (χ1v) is 11.7. The van der Waals surface area contributed by atoms with E-state index in [4.69, 9.17) is 4.98 Å². The topological polar surface area (TPSA) is 38.7 Å². The largest absolute Gasteiger partial charge is 0.213 e. The smallest absolute Gasteiger partial charge is 0.163 e. The molecule has 0 aliphatic rings. The molecule has 0 N–H and O–H groups in total. The monoisotopic (exact) mass is 449 g/mol. The average molecular weight is 450 g/mol. The Labute approximate surface area is 204 Å². The van der Waals surface area contributed by atoms with Crippen molar-refractivity contribution in [2.75, 3.05) is 0 Å². The molecule has 1 heterocycles. The first-order valence-electron chi connectivity index (χ1n) is 11.7. The molecule has 0 atom stereocenters. The van der Waals surface area contributed by atoms with Crippen LogP contribution in [-0.2, 0) is 0 Å². The molecule has 0 aliphatic heterocycles. The van der Waals surface area contributed by atoms with Gasteiger partial charge >= 0.3 is 0 Å². The summed E-state index contributed by atoms with van der Waals surface area (Å²) in [5.41, 5.74) is 6.66. The van der Waals surface area contributed by atoms with E-state index in [1.165, 1.54) is 27.5 Å². The number of hydrogen-bond acceptors (Lipinski definition) is 3. The van der Waals surface area contributed by atoms with Crippen molar-refractivity contribution in [1.29, 1.82) is 0 Å². The van der Waals surface area contributed by atoms with Gasteiger partial charge in [-0.25, -0.2) is 15.0 Å². The Balaban J connectivity index is 1.36. The Morgan fingerprint density at radius 2 is 1.03 bits per heavy atom. The fourth-order valence-corrected chi connectivity index (χ4v) is 4.48. The number of rotatable bonds is 4. The summed E-state index contributed by atoms with van der Waals surface area (Å²) in [6, 6.07) is 42.1. The Morgan fingerprint density at radius 1 is 0.429 bits per heavy atom. The standard InChI is InChI=1S/C32H23N3/c1-22-33-31(35-32(34-22)28-14-7-13-27(21-28)23-9-3-2-4-10-23)26-19-17-25(18-20-26)30-16-8-12-24-11-5-6-15-29(24)30/h2-21H,1H3. The van der Waals surface area contributed by atoms with Gasteiger partial charge in [-0.3, -0.25) is 0 Å². The summed E-state index contributed by atoms with van der Waals surface area (Å²) < 4.78 is 0. The number of aryl methyl sites for hydroxylation is 1. The lowest BCUT2D eigenvalue weighted by Crippen LogP contribution is -1.99. The molecular weight excluding hydrogens is 426 g/mol. The van der Waals surface area contributed by atoms with Gasteiger partial charge in [0.25, 0.3) is 0 Å². The highest BCUT2D eigenvalue weighted by atomic mass is 15.0. The highest BCUT2D eigenvalue weighted by molar-refractivity contribution is 5.96. The van der Waals surface area contributed by atoms with Gasteiger partial charge in [0.2, 0.25) is 0 Å². The van der Waals surface area contributed by atoms with E-state index in [-0.39, 0.29) is 0 Å². The molecule has 0 bridgehead atoms. The third-order valence-electron chi connectivity index (χ3n) is 6.22. The van der Waals surface area contributed by atoms with Crippen LogP contribution in [0.3, 0.4) is 0 Å². The van der Waals surface area contributed by atoms with Crippen molar-refractivity contribution in [3.63, 3.8) is 0 Å². The molecule has 0 amide bonds. The first-order chi connectivity index (χ1) is 17.2. The Morgan fingerprint density at radius 3 is 1.86 bits per heavy atom. The number of nitrogens with zero attached hydrogens (tertiary/aromatic N) is 3. The van der Waals surface area contributed by atoms with E-state index in [0.29, 0.717) is 17.5 Å². The van der Waals surface area contributed by atoms with Crippen molar-refractivity contribution in [1.82, 2.24) is 15.0 Å². The maximum Gasteiger partial charge on any atom is 0.163 e. The number of fused-ring (bicyclic) bond motifs is 1. The summed E-state index contributed by atoms with van der Waals surface area (Å²) in [5.74, 6) is 2.07. The molecule has 3 heteroatoms. The summed E-state index contributed by atoms with van der Waals surface area (Å²) in [6.45, 7) is 1.92. The second-order valence-corrected chi connectivity index (χ2v) is 8.58. The zero-order valence-electron chi connectivity index (χ0n) is 19.4. The maximum absolute atomic E-state index is 4.84. The van der Waals surface area contributed by atoms with Crippen LogP contribution in [0, 0.1) is 6.92 Å². The van der Waals surface area contributed by atoms with Crippen LogP contribution >= 0.6 is 0 Å². The lowest BCUT2D eigenvalue weighted by atomic mass is 9.97. The van der Waals surface area contributed by atoms with Gasteiger partial charge in [-0.1, -0.05) is 115 Å². The Bertz CT molecular complexity index is 1630. The van der Waals surface area contributed by atoms with Gasteiger partial charge in [-0.15, -0.1) is 0 Å². The minimum absolute atomic E-state index is 0.682. The minimum Gasteiger partial charge on any atom is -0.213 e. The number of aromatic nitrogens is 3. The second kappa shape index (κ2) is 8.96. The van der Waals surface area contributed by atoms with E-state index in [2.05, 4.69) is 125 Å². The molecule has 3 nitrogen and oxygen atoms in total. The molecule has 0 saturated heterocycles. The molecule has 1 aromatic heterocycles. The van der Waals surface area contributed by atoms with Crippen LogP contribution in [0.1, 0.15) is 5.82 Å². The molecular formula is C32H23N3. The highest BCUT2D eigenvalue weighted by Gasteiger charge is 2.11. The van der Waals surface area contributed by atoms with Gasteiger partial charge in [0.15, 0.2) is 11.6 Å². The lowest BCUT2D eigenvalue weighted by Gasteiger charge is -2.09. The molecule has 35 heavy (non-hydrogen) atoms. The fraction of sp³-hybridized carbons (Fsp3) is 0.0312. The summed E-state index contributed by atoms with van der Waals surface area (Å²) in [5, 5.41) is 2.49. The van der Waals surface area contributed by atoms with Crippen molar-refractivity contribution in [3.8, 4) is 45.0 Å². The van der Waals surface area contributed by atoms with Crippen molar-refractivity contribution < 1.29 is 0 Å². The lowest BCUT2D eigenvalue weighted by molar-refractivity contribution is 0.992. The van der Waals surface area contributed by atoms with E-state index < -0.39 is 0 Å². The molecule has 6 aromatic rings. The Kier molecular flexibility index (Phi) is 5.36. The van der Waals surface area contributed by atoms with Crippen LogP contribution in [-0.4, -0.2) is 15.0 Å². The predicted molar refractivity (Wildman–Crippen MR) is 144 cm³/mol. The van der Waals surface area contributed by atoms with Crippen molar-refractivity contribution in [2.45, 2.75) is 6.92 Å². The second-order valence-electron chi connectivity index (χ2n) is 8.58. The summed E-state index contributed by atoms with van der Waals surface area (Å²) >= 11 is 0. The SMILES string of the molecule is Cc1nc(-c2ccc(-c3cccc4ccccc34)cc2)nc(-c2cccc(-c3ccccc3)c2)n1. The number of benzene rings is 5. The van der Waals surface area contributed by atoms with Crippen LogP contribution in [0.15, 0.2) is 121 Å². The van der Waals surface area contributed by atoms with Crippen molar-refractivity contribution >= 4 is 10.8 Å². The predicted octanol–water partition coefficient (Wildman–Crippen LogP) is 8.00. The molecule has 6 rings (SSSR count). The summed E-state index contributed by atoms with van der Waals surface area (Å²) in [7, 11) is 0. The summed E-state index contributed by atoms with van der Waals surface area (Å²) in [6.07, 6.45) is 0. The van der Waals surface area contributed by atoms with Crippen LogP contribution in [0.5, 0.6) is 0 Å². The molecule has 5 aromatic carbocycles. The van der Waals surface area contributed by atoms with Gasteiger partial charge in [-0.2, -0.15) is 0 Å². The molecule has 0 radical (unpaired) electrons. The van der Waals surface area contributed by atoms with Crippen molar-refractivity contribution in [2.24, 2.45) is 0 Å². The Hall–Kier alpha value is -4.63. The van der Waals surface area contributed by atoms with Crippen LogP contribution in [0.25, 0.3) is 55.8 Å². The van der Waals surface area contributed by atoms with Gasteiger partial charge in [0.05, 0.1) is 0 Å². The molecule has 0 fully saturated rings. The van der Waals surface area contributed by atoms with E-state index in [0.717, 1.165) is 16.7 Å². The normalized spacial score (nSPS) is 11.0. The molecule has 0 spiro atoms. The fourth-order valence-electron chi connectivity index (χ4n) is 4.48. The quantitative estimate of drug-likeness (QED) is 0.274. The van der Waals surface area contributed by atoms with Gasteiger partial charge < -0.3 is 0 Å². The van der Waals surface area contributed by atoms with E-state index in [1.54, 1.807) is 0 Å². The minimum atomic E-state index is 0.682. The van der Waals surface area contributed by atoms with E-state index in [1.807, 2.05) is 13.0 Å². The van der Waals surface area contributed by atoms with E-state index in [9.17, 15) is 0 Å². The average Bonchev–Trinajstić information content (AvgIpc) is 2.93. The molecule has 0 aliphatic carbocycles. The van der Waals surface area contributed by atoms with Gasteiger partial charge in [0, 0.05) is 11.1 Å². The molecule has 0 saturated carbocycles. The maximum atomic E-state index is 4.84. The van der Waals surface area contributed by atoms with E-state index >= 15 is 0 Å². The zero-order chi connectivity index (χ0) is 23.6. The molecule has 166 valence electrons. The third kappa shape index (κ3) is 4.20. The van der Waals surface area contributed by atoms with Gasteiger partial charge in [0.1, 0.15) is 5.82 Å². The molecule has 0 unspecified atom stereocenters. The number of hydrogen-bond donors (Lipinski definition) is 0. The van der Waals surface area contributed by atoms with Crippen LogP contribution < -0.4 is 0 Å². The third-order valence-corrected chi connectivity index (χ3v) is 6.22. The zero-order valence-corrected chi connectivity index (χ0v) is 19.4. The highest BCUT2D eigenvalue weighted by Crippen LogP contribution is 2.30. The van der Waals surface area contributed by atoms with Crippen LogP contribution in [0.2, 0.25) is 0 Å². The summed E-state index contributed by atoms with van der Waals surface area (Å²) in [4.78, 5) is 14.1. The van der Waals surface area contributed by atoms with Gasteiger partial charge in [-0.05, 0) is 46.0 Å². The first kappa shape index (κ1) is 20.9. The van der Waals surface area contributed by atoms with Crippen molar-refractivity contribution in [3.05, 3.63) is 127 Å².